The third-order valence-electron chi connectivity index (χ3n) is 2.31. The first-order valence-corrected chi connectivity index (χ1v) is 4.61. The highest BCUT2D eigenvalue weighted by molar-refractivity contribution is 5.11. The molecule has 2 heterocycles. The molecule has 1 fully saturated rings. The van der Waals surface area contributed by atoms with Gasteiger partial charge in [0.25, 0.3) is 0 Å². The number of nitrogens with one attached hydrogen (secondary N) is 1. The quantitative estimate of drug-likeness (QED) is 0.622. The Morgan fingerprint density at radius 1 is 1.38 bits per heavy atom. The lowest BCUT2D eigenvalue weighted by atomic mass is 10.3. The molecular weight excluding hydrogens is 166 g/mol. The van der Waals surface area contributed by atoms with Crippen LogP contribution in [0.3, 0.4) is 0 Å². The van der Waals surface area contributed by atoms with E-state index in [0.29, 0.717) is 0 Å². The molecule has 72 valence electrons. The van der Waals surface area contributed by atoms with Gasteiger partial charge in [-0.15, -0.1) is 0 Å². The van der Waals surface area contributed by atoms with Gasteiger partial charge < -0.3 is 15.1 Å². The number of hydrogen-bond donors (Lipinski definition) is 1. The van der Waals surface area contributed by atoms with Crippen LogP contribution in [-0.2, 0) is 4.84 Å². The first kappa shape index (κ1) is 8.44. The zero-order valence-electron chi connectivity index (χ0n) is 7.86. The van der Waals surface area contributed by atoms with Crippen molar-refractivity contribution >= 4 is 0 Å². The lowest BCUT2D eigenvalue weighted by molar-refractivity contribution is -0.0756. The SMILES string of the molecule is CN1OC=CC=C1N1CCNCC1. The summed E-state index contributed by atoms with van der Waals surface area (Å²) < 4.78 is 0. The molecule has 0 aromatic rings. The van der Waals surface area contributed by atoms with Crippen LogP contribution in [0, 0.1) is 0 Å². The van der Waals surface area contributed by atoms with Gasteiger partial charge in [-0.25, -0.2) is 0 Å². The van der Waals surface area contributed by atoms with Crippen molar-refractivity contribution in [1.82, 2.24) is 15.3 Å². The molecule has 0 spiro atoms. The largest absolute Gasteiger partial charge is 0.386 e. The minimum absolute atomic E-state index is 1.05. The van der Waals surface area contributed by atoms with Crippen LogP contribution in [0.15, 0.2) is 24.2 Å². The van der Waals surface area contributed by atoms with E-state index in [1.165, 1.54) is 0 Å². The van der Waals surface area contributed by atoms with Crippen molar-refractivity contribution in [2.75, 3.05) is 33.2 Å². The van der Waals surface area contributed by atoms with Gasteiger partial charge in [-0.3, -0.25) is 0 Å². The average molecular weight is 181 g/mol. The second-order valence-corrected chi connectivity index (χ2v) is 3.19. The Morgan fingerprint density at radius 3 is 2.85 bits per heavy atom. The van der Waals surface area contributed by atoms with Crippen LogP contribution < -0.4 is 5.32 Å². The molecule has 13 heavy (non-hydrogen) atoms. The van der Waals surface area contributed by atoms with E-state index in [-0.39, 0.29) is 0 Å². The molecule has 2 rings (SSSR count). The summed E-state index contributed by atoms with van der Waals surface area (Å²) in [5, 5.41) is 5.12. The summed E-state index contributed by atoms with van der Waals surface area (Å²) in [6, 6.07) is 0. The van der Waals surface area contributed by atoms with E-state index < -0.39 is 0 Å². The van der Waals surface area contributed by atoms with Crippen LogP contribution in [-0.4, -0.2) is 43.2 Å². The zero-order chi connectivity index (χ0) is 9.10. The third-order valence-corrected chi connectivity index (χ3v) is 2.31. The first-order valence-electron chi connectivity index (χ1n) is 4.61. The highest BCUT2D eigenvalue weighted by Crippen LogP contribution is 2.13. The first-order chi connectivity index (χ1) is 6.38. The van der Waals surface area contributed by atoms with Crippen LogP contribution in [0.25, 0.3) is 0 Å². The number of rotatable bonds is 1. The smallest absolute Gasteiger partial charge is 0.139 e. The lowest BCUT2D eigenvalue weighted by Crippen LogP contribution is -2.46. The molecular formula is C9H15N3O. The van der Waals surface area contributed by atoms with E-state index in [9.17, 15) is 0 Å². The molecule has 1 N–H and O–H groups in total. The molecule has 1 saturated heterocycles. The average Bonchev–Trinajstić information content (AvgIpc) is 2.20. The summed E-state index contributed by atoms with van der Waals surface area (Å²) in [7, 11) is 1.93. The van der Waals surface area contributed by atoms with Gasteiger partial charge in [-0.05, 0) is 12.2 Å². The zero-order valence-corrected chi connectivity index (χ0v) is 7.86. The fourth-order valence-corrected chi connectivity index (χ4v) is 1.61. The monoisotopic (exact) mass is 181 g/mol. The predicted molar refractivity (Wildman–Crippen MR) is 50.5 cm³/mol. The summed E-state index contributed by atoms with van der Waals surface area (Å²) in [6.45, 7) is 4.20. The van der Waals surface area contributed by atoms with Crippen molar-refractivity contribution < 1.29 is 4.84 Å². The highest BCUT2D eigenvalue weighted by atomic mass is 16.7. The Bertz CT molecular complexity index is 231. The number of hydroxylamine groups is 2. The van der Waals surface area contributed by atoms with E-state index in [1.807, 2.05) is 13.1 Å². The van der Waals surface area contributed by atoms with Crippen LogP contribution in [0.1, 0.15) is 0 Å². The summed E-state index contributed by atoms with van der Waals surface area (Å²) in [4.78, 5) is 7.59. The maximum Gasteiger partial charge on any atom is 0.139 e. The van der Waals surface area contributed by atoms with Gasteiger partial charge in [0.2, 0.25) is 0 Å². The third kappa shape index (κ3) is 1.78. The predicted octanol–water partition coefficient (Wildman–Crippen LogP) is 0.124. The molecule has 4 heteroatoms. The van der Waals surface area contributed by atoms with E-state index in [2.05, 4.69) is 16.3 Å². The topological polar surface area (TPSA) is 27.7 Å². The van der Waals surface area contributed by atoms with Gasteiger partial charge >= 0.3 is 0 Å². The van der Waals surface area contributed by atoms with E-state index >= 15 is 0 Å². The van der Waals surface area contributed by atoms with Crippen molar-refractivity contribution in [2.24, 2.45) is 0 Å². The Hall–Kier alpha value is -1.16. The molecule has 0 saturated carbocycles. The molecule has 0 aromatic heterocycles. The Morgan fingerprint density at radius 2 is 2.15 bits per heavy atom. The number of hydrogen-bond acceptors (Lipinski definition) is 4. The standard InChI is InChI=1S/C9H15N3O/c1-11-9(3-2-8-13-11)12-6-4-10-5-7-12/h2-3,8,10H,4-7H2,1H3. The Kier molecular flexibility index (Phi) is 2.40. The number of allylic oxidation sites excluding steroid dienone is 2. The minimum Gasteiger partial charge on any atom is -0.386 e. The molecule has 0 aromatic carbocycles. The lowest BCUT2D eigenvalue weighted by Gasteiger charge is -2.36. The maximum absolute atomic E-state index is 5.27. The molecule has 2 aliphatic rings. The minimum atomic E-state index is 1.05. The number of nitrogens with zero attached hydrogens (tertiary/aromatic N) is 2. The normalized spacial score (nSPS) is 22.7. The van der Waals surface area contributed by atoms with Crippen molar-refractivity contribution in [3.63, 3.8) is 0 Å². The molecule has 4 nitrogen and oxygen atoms in total. The van der Waals surface area contributed by atoms with Crippen molar-refractivity contribution in [1.29, 1.82) is 0 Å². The number of piperazine rings is 1. The molecule has 2 aliphatic heterocycles. The van der Waals surface area contributed by atoms with Crippen LogP contribution in [0.2, 0.25) is 0 Å². The molecule has 0 atom stereocenters. The molecule has 0 radical (unpaired) electrons. The molecule has 0 amide bonds. The summed E-state index contributed by atoms with van der Waals surface area (Å²) in [5.41, 5.74) is 0. The van der Waals surface area contributed by atoms with Gasteiger partial charge in [-0.1, -0.05) is 0 Å². The van der Waals surface area contributed by atoms with Crippen molar-refractivity contribution in [3.8, 4) is 0 Å². The second kappa shape index (κ2) is 3.70. The maximum atomic E-state index is 5.27. The van der Waals surface area contributed by atoms with Gasteiger partial charge in [0.05, 0.1) is 0 Å². The fourth-order valence-electron chi connectivity index (χ4n) is 1.61. The van der Waals surface area contributed by atoms with Crippen molar-refractivity contribution in [2.45, 2.75) is 0 Å². The molecule has 0 aliphatic carbocycles. The summed E-state index contributed by atoms with van der Waals surface area (Å²) in [5.74, 6) is 1.14. The summed E-state index contributed by atoms with van der Waals surface area (Å²) >= 11 is 0. The highest BCUT2D eigenvalue weighted by Gasteiger charge is 2.17. The van der Waals surface area contributed by atoms with Crippen molar-refractivity contribution in [3.05, 3.63) is 24.2 Å². The Labute approximate surface area is 78.4 Å². The summed E-state index contributed by atoms with van der Waals surface area (Å²) in [6.07, 6.45) is 5.69. The van der Waals surface area contributed by atoms with Crippen LogP contribution >= 0.6 is 0 Å². The van der Waals surface area contributed by atoms with Gasteiger partial charge in [0.15, 0.2) is 0 Å². The fraction of sp³-hybridized carbons (Fsp3) is 0.556. The van der Waals surface area contributed by atoms with E-state index in [4.69, 9.17) is 4.84 Å². The van der Waals surface area contributed by atoms with Crippen LogP contribution in [0.4, 0.5) is 0 Å². The van der Waals surface area contributed by atoms with E-state index in [0.717, 1.165) is 32.0 Å². The van der Waals surface area contributed by atoms with Gasteiger partial charge in [0, 0.05) is 33.2 Å². The van der Waals surface area contributed by atoms with Crippen LogP contribution in [0.5, 0.6) is 0 Å². The Balaban J connectivity index is 2.04. The van der Waals surface area contributed by atoms with Gasteiger partial charge in [-0.2, -0.15) is 5.06 Å². The molecule has 0 bridgehead atoms. The second-order valence-electron chi connectivity index (χ2n) is 3.19. The molecule has 0 unspecified atom stereocenters. The van der Waals surface area contributed by atoms with Gasteiger partial charge in [0.1, 0.15) is 12.1 Å². The van der Waals surface area contributed by atoms with E-state index in [1.54, 1.807) is 11.3 Å².